The van der Waals surface area contributed by atoms with Crippen LogP contribution in [0.3, 0.4) is 0 Å². The average Bonchev–Trinajstić information content (AvgIpc) is 2.82. The second-order valence-electron chi connectivity index (χ2n) is 3.66. The zero-order valence-corrected chi connectivity index (χ0v) is 11.2. The molecule has 0 aliphatic carbocycles. The van der Waals surface area contributed by atoms with E-state index in [4.69, 9.17) is 26.3 Å². The summed E-state index contributed by atoms with van der Waals surface area (Å²) in [5.74, 6) is 0.580. The Balaban J connectivity index is 2.62. The quantitative estimate of drug-likeness (QED) is 0.854. The van der Waals surface area contributed by atoms with Gasteiger partial charge in [0, 0.05) is 12.1 Å². The SMILES string of the molecule is COCc1c(C#N)nnn1-c1cc(Cl)ccc1OC. The van der Waals surface area contributed by atoms with Gasteiger partial charge >= 0.3 is 0 Å². The minimum atomic E-state index is 0.212. The molecule has 0 bridgehead atoms. The van der Waals surface area contributed by atoms with Crippen molar-refractivity contribution in [2.75, 3.05) is 14.2 Å². The number of halogens is 1. The molecule has 0 unspecified atom stereocenters. The topological polar surface area (TPSA) is 73.0 Å². The van der Waals surface area contributed by atoms with Gasteiger partial charge in [0.2, 0.25) is 0 Å². The van der Waals surface area contributed by atoms with Crippen LogP contribution in [0, 0.1) is 11.3 Å². The van der Waals surface area contributed by atoms with Crippen LogP contribution in [0.25, 0.3) is 5.69 Å². The minimum absolute atomic E-state index is 0.212. The molecular formula is C12H11ClN4O2. The molecule has 0 N–H and O–H groups in total. The van der Waals surface area contributed by atoms with Crippen molar-refractivity contribution in [2.24, 2.45) is 0 Å². The molecular weight excluding hydrogens is 268 g/mol. The van der Waals surface area contributed by atoms with E-state index in [0.717, 1.165) is 0 Å². The van der Waals surface area contributed by atoms with Gasteiger partial charge in [0.15, 0.2) is 5.69 Å². The molecule has 0 spiro atoms. The van der Waals surface area contributed by atoms with Crippen molar-refractivity contribution in [2.45, 2.75) is 6.61 Å². The lowest BCUT2D eigenvalue weighted by Gasteiger charge is -2.10. The average molecular weight is 279 g/mol. The van der Waals surface area contributed by atoms with E-state index in [9.17, 15) is 0 Å². The first kappa shape index (κ1) is 13.3. The van der Waals surface area contributed by atoms with Crippen molar-refractivity contribution in [3.05, 3.63) is 34.6 Å². The highest BCUT2D eigenvalue weighted by Crippen LogP contribution is 2.27. The summed E-state index contributed by atoms with van der Waals surface area (Å²) in [6.07, 6.45) is 0. The highest BCUT2D eigenvalue weighted by molar-refractivity contribution is 6.30. The molecule has 2 rings (SSSR count). The van der Waals surface area contributed by atoms with Crippen molar-refractivity contribution >= 4 is 11.6 Å². The predicted octanol–water partition coefficient (Wildman–Crippen LogP) is 1.95. The molecule has 6 nitrogen and oxygen atoms in total. The third-order valence-corrected chi connectivity index (χ3v) is 2.75. The van der Waals surface area contributed by atoms with Crippen LogP contribution in [0.5, 0.6) is 5.75 Å². The number of methoxy groups -OCH3 is 2. The highest BCUT2D eigenvalue weighted by Gasteiger charge is 2.17. The first-order chi connectivity index (χ1) is 9.21. The third kappa shape index (κ3) is 2.52. The first-order valence-corrected chi connectivity index (χ1v) is 5.76. The normalized spacial score (nSPS) is 10.2. The van der Waals surface area contributed by atoms with E-state index in [-0.39, 0.29) is 12.3 Å². The summed E-state index contributed by atoms with van der Waals surface area (Å²) in [6, 6.07) is 7.10. The molecule has 0 saturated carbocycles. The van der Waals surface area contributed by atoms with E-state index in [0.29, 0.717) is 22.2 Å². The number of nitrogens with zero attached hydrogens (tertiary/aromatic N) is 4. The van der Waals surface area contributed by atoms with E-state index in [1.165, 1.54) is 11.8 Å². The summed E-state index contributed by atoms with van der Waals surface area (Å²) in [5, 5.41) is 17.3. The third-order valence-electron chi connectivity index (χ3n) is 2.52. The lowest BCUT2D eigenvalue weighted by molar-refractivity contribution is 0.179. The zero-order valence-electron chi connectivity index (χ0n) is 10.4. The Kier molecular flexibility index (Phi) is 4.00. The molecule has 0 saturated heterocycles. The Morgan fingerprint density at radius 1 is 1.42 bits per heavy atom. The first-order valence-electron chi connectivity index (χ1n) is 5.38. The van der Waals surface area contributed by atoms with Crippen molar-refractivity contribution in [3.63, 3.8) is 0 Å². The second-order valence-corrected chi connectivity index (χ2v) is 4.09. The molecule has 0 radical (unpaired) electrons. The Bertz CT molecular complexity index is 633. The van der Waals surface area contributed by atoms with Crippen LogP contribution in [0.15, 0.2) is 18.2 Å². The minimum Gasteiger partial charge on any atom is -0.494 e. The van der Waals surface area contributed by atoms with Gasteiger partial charge in [-0.1, -0.05) is 16.8 Å². The monoisotopic (exact) mass is 278 g/mol. The van der Waals surface area contributed by atoms with Gasteiger partial charge in [0.25, 0.3) is 0 Å². The number of nitriles is 1. The van der Waals surface area contributed by atoms with E-state index in [1.54, 1.807) is 25.3 Å². The molecule has 7 heteroatoms. The summed E-state index contributed by atoms with van der Waals surface area (Å²) in [4.78, 5) is 0. The van der Waals surface area contributed by atoms with Crippen LogP contribution < -0.4 is 4.74 Å². The maximum absolute atomic E-state index is 9.01. The second kappa shape index (κ2) is 5.69. The lowest BCUT2D eigenvalue weighted by atomic mass is 10.2. The fraction of sp³-hybridized carbons (Fsp3) is 0.250. The van der Waals surface area contributed by atoms with Crippen molar-refractivity contribution in [1.82, 2.24) is 15.0 Å². The number of ether oxygens (including phenoxy) is 2. The molecule has 1 aromatic carbocycles. The molecule has 19 heavy (non-hydrogen) atoms. The number of hydrogen-bond donors (Lipinski definition) is 0. The summed E-state index contributed by atoms with van der Waals surface area (Å²) >= 11 is 5.98. The van der Waals surface area contributed by atoms with Gasteiger partial charge in [-0.15, -0.1) is 5.10 Å². The molecule has 1 heterocycles. The Hall–Kier alpha value is -2.10. The molecule has 98 valence electrons. The van der Waals surface area contributed by atoms with Crippen molar-refractivity contribution in [1.29, 1.82) is 5.26 Å². The summed E-state index contributed by atoms with van der Waals surface area (Å²) < 4.78 is 11.8. The van der Waals surface area contributed by atoms with Gasteiger partial charge in [-0.3, -0.25) is 0 Å². The number of aromatic nitrogens is 3. The maximum Gasteiger partial charge on any atom is 0.188 e. The van der Waals surface area contributed by atoms with Crippen LogP contribution in [-0.2, 0) is 11.3 Å². The largest absolute Gasteiger partial charge is 0.494 e. The molecule has 0 atom stereocenters. The van der Waals surface area contributed by atoms with E-state index in [1.807, 2.05) is 6.07 Å². The smallest absolute Gasteiger partial charge is 0.188 e. The fourth-order valence-corrected chi connectivity index (χ4v) is 1.84. The Morgan fingerprint density at radius 2 is 2.21 bits per heavy atom. The summed E-state index contributed by atoms with van der Waals surface area (Å²) in [7, 11) is 3.08. The van der Waals surface area contributed by atoms with Crippen LogP contribution in [0.2, 0.25) is 5.02 Å². The Morgan fingerprint density at radius 3 is 2.84 bits per heavy atom. The summed E-state index contributed by atoms with van der Waals surface area (Å²) in [6.45, 7) is 0.214. The molecule has 1 aromatic heterocycles. The number of hydrogen-bond acceptors (Lipinski definition) is 5. The van der Waals surface area contributed by atoms with Crippen LogP contribution in [-0.4, -0.2) is 29.2 Å². The lowest BCUT2D eigenvalue weighted by Crippen LogP contribution is -2.06. The van der Waals surface area contributed by atoms with Crippen molar-refractivity contribution in [3.8, 4) is 17.5 Å². The predicted molar refractivity (Wildman–Crippen MR) is 68.3 cm³/mol. The fourth-order valence-electron chi connectivity index (χ4n) is 1.68. The molecule has 2 aromatic rings. The van der Waals surface area contributed by atoms with Gasteiger partial charge in [-0.05, 0) is 18.2 Å². The van der Waals surface area contributed by atoms with Gasteiger partial charge < -0.3 is 9.47 Å². The van der Waals surface area contributed by atoms with Crippen molar-refractivity contribution < 1.29 is 9.47 Å². The zero-order chi connectivity index (χ0) is 13.8. The van der Waals surface area contributed by atoms with Gasteiger partial charge in [-0.25, -0.2) is 4.68 Å². The van der Waals surface area contributed by atoms with Gasteiger partial charge in [-0.2, -0.15) is 5.26 Å². The molecule has 0 fully saturated rings. The standard InChI is InChI=1S/C12H11ClN4O2/c1-18-7-11-9(6-14)15-16-17(11)10-5-8(13)3-4-12(10)19-2/h3-5H,7H2,1-2H3. The van der Waals surface area contributed by atoms with Crippen LogP contribution in [0.1, 0.15) is 11.4 Å². The highest BCUT2D eigenvalue weighted by atomic mass is 35.5. The molecule has 0 amide bonds. The van der Waals surface area contributed by atoms with E-state index >= 15 is 0 Å². The van der Waals surface area contributed by atoms with Gasteiger partial charge in [0.05, 0.1) is 13.7 Å². The Labute approximate surface area is 115 Å². The maximum atomic E-state index is 9.01. The summed E-state index contributed by atoms with van der Waals surface area (Å²) in [5.41, 5.74) is 1.37. The number of benzene rings is 1. The van der Waals surface area contributed by atoms with Crippen LogP contribution in [0.4, 0.5) is 0 Å². The molecule has 0 aliphatic rings. The molecule has 0 aliphatic heterocycles. The van der Waals surface area contributed by atoms with E-state index in [2.05, 4.69) is 10.3 Å². The van der Waals surface area contributed by atoms with Gasteiger partial charge in [0.1, 0.15) is 23.2 Å². The number of rotatable bonds is 4. The van der Waals surface area contributed by atoms with E-state index < -0.39 is 0 Å². The van der Waals surface area contributed by atoms with Crippen LogP contribution >= 0.6 is 11.6 Å².